The molecule has 2 unspecified atom stereocenters. The number of fused-ring (bicyclic) bond motifs is 3. The van der Waals surface area contributed by atoms with E-state index < -0.39 is 0 Å². The second-order valence-corrected chi connectivity index (χ2v) is 7.80. The van der Waals surface area contributed by atoms with Gasteiger partial charge in [0, 0.05) is 25.2 Å². The summed E-state index contributed by atoms with van der Waals surface area (Å²) in [6.07, 6.45) is 2.40. The average molecular weight is 390 g/mol. The minimum absolute atomic E-state index is 0.0414. The smallest absolute Gasteiger partial charge is 0.266 e. The monoisotopic (exact) mass is 390 g/mol. The lowest BCUT2D eigenvalue weighted by Crippen LogP contribution is -2.51. The first kappa shape index (κ1) is 18.3. The number of ether oxygens (including phenoxy) is 1. The highest BCUT2D eigenvalue weighted by Gasteiger charge is 2.37. The van der Waals surface area contributed by atoms with Gasteiger partial charge in [-0.1, -0.05) is 24.3 Å². The largest absolute Gasteiger partial charge is 0.492 e. The van der Waals surface area contributed by atoms with Crippen LogP contribution in [0, 0.1) is 0 Å². The van der Waals surface area contributed by atoms with Crippen molar-refractivity contribution in [2.24, 2.45) is 0 Å². The molecule has 2 aliphatic rings. The van der Waals surface area contributed by atoms with Gasteiger partial charge in [-0.05, 0) is 44.0 Å². The summed E-state index contributed by atoms with van der Waals surface area (Å²) in [7, 11) is 0. The Hall–Kier alpha value is -2.70. The molecule has 2 aliphatic heterocycles. The van der Waals surface area contributed by atoms with Crippen molar-refractivity contribution in [3.05, 3.63) is 64.7 Å². The fourth-order valence-electron chi connectivity index (χ4n) is 4.74. The number of hydrogen-bond donors (Lipinski definition) is 1. The minimum Gasteiger partial charge on any atom is -0.492 e. The molecule has 2 bridgehead atoms. The first-order valence-corrected chi connectivity index (χ1v) is 10.5. The van der Waals surface area contributed by atoms with Crippen LogP contribution in [0.4, 0.5) is 0 Å². The Kier molecular flexibility index (Phi) is 4.81. The van der Waals surface area contributed by atoms with Gasteiger partial charge in [-0.3, -0.25) is 14.3 Å². The summed E-state index contributed by atoms with van der Waals surface area (Å²) in [6.45, 7) is 5.17. The van der Waals surface area contributed by atoms with E-state index in [0.29, 0.717) is 36.4 Å². The summed E-state index contributed by atoms with van der Waals surface area (Å²) in [5, 5.41) is 4.16. The zero-order valence-electron chi connectivity index (χ0n) is 16.7. The molecule has 3 heterocycles. The summed E-state index contributed by atoms with van der Waals surface area (Å²) >= 11 is 0. The molecule has 2 saturated heterocycles. The molecule has 1 aromatic heterocycles. The van der Waals surface area contributed by atoms with Crippen molar-refractivity contribution < 1.29 is 4.74 Å². The maximum atomic E-state index is 13.6. The maximum absolute atomic E-state index is 13.6. The van der Waals surface area contributed by atoms with E-state index in [-0.39, 0.29) is 5.56 Å². The Bertz CT molecular complexity index is 1080. The van der Waals surface area contributed by atoms with Gasteiger partial charge in [0.15, 0.2) is 0 Å². The van der Waals surface area contributed by atoms with Crippen LogP contribution in [0.5, 0.6) is 5.75 Å². The van der Waals surface area contributed by atoms with Crippen molar-refractivity contribution in [1.29, 1.82) is 0 Å². The topological polar surface area (TPSA) is 59.4 Å². The van der Waals surface area contributed by atoms with Gasteiger partial charge in [0.25, 0.3) is 5.56 Å². The van der Waals surface area contributed by atoms with Crippen LogP contribution < -0.4 is 15.6 Å². The summed E-state index contributed by atoms with van der Waals surface area (Å²) in [5.74, 6) is 1.48. The van der Waals surface area contributed by atoms with Crippen LogP contribution in [0.25, 0.3) is 16.6 Å². The molecule has 0 saturated carbocycles. The molecule has 2 aromatic carbocycles. The number of piperazine rings is 1. The highest BCUT2D eigenvalue weighted by Crippen LogP contribution is 2.30. The molecule has 2 atom stereocenters. The molecule has 1 N–H and O–H groups in total. The SMILES string of the molecule is CCOc1ccccc1-n1c(CN2C3CCC2CNC3)nc2ccccc2c1=O. The van der Waals surface area contributed by atoms with Gasteiger partial charge in [-0.15, -0.1) is 0 Å². The zero-order chi connectivity index (χ0) is 19.8. The lowest BCUT2D eigenvalue weighted by atomic mass is 10.2. The Morgan fingerprint density at radius 1 is 1.07 bits per heavy atom. The summed E-state index contributed by atoms with van der Waals surface area (Å²) < 4.78 is 7.61. The standard InChI is InChI=1S/C23H26N4O2/c1-2-29-21-10-6-5-9-20(21)27-22(15-26-16-11-12-17(26)14-24-13-16)25-19-8-4-3-7-18(19)23(27)28/h3-10,16-17,24H,2,11-15H2,1H3. The van der Waals surface area contributed by atoms with Crippen molar-refractivity contribution in [1.82, 2.24) is 19.8 Å². The first-order chi connectivity index (χ1) is 14.3. The average Bonchev–Trinajstić information content (AvgIpc) is 2.96. The van der Waals surface area contributed by atoms with Crippen LogP contribution in [-0.4, -0.2) is 46.2 Å². The third-order valence-electron chi connectivity index (χ3n) is 6.11. The zero-order valence-corrected chi connectivity index (χ0v) is 16.7. The van der Waals surface area contributed by atoms with Crippen LogP contribution in [0.3, 0.4) is 0 Å². The fraction of sp³-hybridized carbons (Fsp3) is 0.391. The molecule has 0 radical (unpaired) electrons. The molecular formula is C23H26N4O2. The molecular weight excluding hydrogens is 364 g/mol. The van der Waals surface area contributed by atoms with E-state index in [1.54, 1.807) is 4.57 Å². The van der Waals surface area contributed by atoms with E-state index in [0.717, 1.165) is 30.1 Å². The molecule has 3 aromatic rings. The van der Waals surface area contributed by atoms with Gasteiger partial charge in [0.05, 0.1) is 29.7 Å². The van der Waals surface area contributed by atoms with Crippen molar-refractivity contribution in [2.45, 2.75) is 38.4 Å². The van der Waals surface area contributed by atoms with Crippen LogP contribution in [0.1, 0.15) is 25.6 Å². The lowest BCUT2D eigenvalue weighted by Gasteiger charge is -2.35. The molecule has 6 heteroatoms. The number of rotatable bonds is 5. The number of aromatic nitrogens is 2. The molecule has 6 nitrogen and oxygen atoms in total. The number of nitrogens with one attached hydrogen (secondary N) is 1. The summed E-state index contributed by atoms with van der Waals surface area (Å²) in [6, 6.07) is 16.3. The van der Waals surface area contributed by atoms with E-state index in [4.69, 9.17) is 9.72 Å². The van der Waals surface area contributed by atoms with E-state index in [9.17, 15) is 4.79 Å². The molecule has 0 aliphatic carbocycles. The molecule has 150 valence electrons. The molecule has 2 fully saturated rings. The highest BCUT2D eigenvalue weighted by molar-refractivity contribution is 5.78. The van der Waals surface area contributed by atoms with Gasteiger partial charge >= 0.3 is 0 Å². The lowest BCUT2D eigenvalue weighted by molar-refractivity contribution is 0.140. The molecule has 0 amide bonds. The van der Waals surface area contributed by atoms with Crippen molar-refractivity contribution >= 4 is 10.9 Å². The van der Waals surface area contributed by atoms with Gasteiger partial charge in [-0.25, -0.2) is 4.98 Å². The summed E-state index contributed by atoms with van der Waals surface area (Å²) in [4.78, 5) is 21.0. The van der Waals surface area contributed by atoms with Crippen LogP contribution in [0.2, 0.25) is 0 Å². The predicted molar refractivity (Wildman–Crippen MR) is 114 cm³/mol. The number of hydrogen-bond acceptors (Lipinski definition) is 5. The van der Waals surface area contributed by atoms with Crippen LogP contribution >= 0.6 is 0 Å². The Morgan fingerprint density at radius 2 is 1.79 bits per heavy atom. The van der Waals surface area contributed by atoms with E-state index in [1.165, 1.54) is 12.8 Å². The third-order valence-corrected chi connectivity index (χ3v) is 6.11. The molecule has 0 spiro atoms. The quantitative estimate of drug-likeness (QED) is 0.726. The normalized spacial score (nSPS) is 21.6. The van der Waals surface area contributed by atoms with E-state index >= 15 is 0 Å². The predicted octanol–water partition coefficient (Wildman–Crippen LogP) is 2.72. The number of para-hydroxylation sites is 3. The van der Waals surface area contributed by atoms with Gasteiger partial charge in [0.1, 0.15) is 11.6 Å². The number of benzene rings is 2. The van der Waals surface area contributed by atoms with Gasteiger partial charge in [0.2, 0.25) is 0 Å². The minimum atomic E-state index is -0.0414. The molecule has 29 heavy (non-hydrogen) atoms. The Labute approximate surface area is 170 Å². The maximum Gasteiger partial charge on any atom is 0.266 e. The van der Waals surface area contributed by atoms with E-state index in [1.807, 2.05) is 55.5 Å². The van der Waals surface area contributed by atoms with Gasteiger partial charge < -0.3 is 10.1 Å². The Balaban J connectivity index is 1.69. The van der Waals surface area contributed by atoms with Crippen molar-refractivity contribution in [3.63, 3.8) is 0 Å². The van der Waals surface area contributed by atoms with Crippen molar-refractivity contribution in [3.8, 4) is 11.4 Å². The first-order valence-electron chi connectivity index (χ1n) is 10.5. The van der Waals surface area contributed by atoms with Gasteiger partial charge in [-0.2, -0.15) is 0 Å². The summed E-state index contributed by atoms with van der Waals surface area (Å²) in [5.41, 5.74) is 1.47. The van der Waals surface area contributed by atoms with E-state index in [2.05, 4.69) is 10.2 Å². The third kappa shape index (κ3) is 3.22. The highest BCUT2D eigenvalue weighted by atomic mass is 16.5. The second kappa shape index (κ2) is 7.61. The van der Waals surface area contributed by atoms with Crippen molar-refractivity contribution in [2.75, 3.05) is 19.7 Å². The Morgan fingerprint density at radius 3 is 2.59 bits per heavy atom. The fourth-order valence-corrected chi connectivity index (χ4v) is 4.74. The molecule has 5 rings (SSSR count). The van der Waals surface area contributed by atoms with Crippen LogP contribution in [0.15, 0.2) is 53.3 Å². The van der Waals surface area contributed by atoms with Crippen LogP contribution in [-0.2, 0) is 6.54 Å². The number of nitrogens with zero attached hydrogens (tertiary/aromatic N) is 3. The second-order valence-electron chi connectivity index (χ2n) is 7.80.